The van der Waals surface area contributed by atoms with Crippen molar-refractivity contribution in [2.45, 2.75) is 19.3 Å². The highest BCUT2D eigenvalue weighted by molar-refractivity contribution is 5.86. The third kappa shape index (κ3) is 4.91. The molecule has 0 fully saturated rings. The molecule has 7 aromatic carbocycles. The van der Waals surface area contributed by atoms with Crippen molar-refractivity contribution in [1.82, 2.24) is 9.97 Å². The second-order valence-corrected chi connectivity index (χ2v) is 13.9. The zero-order chi connectivity index (χ0) is 34.1. The number of benzene rings is 7. The Hall–Kier alpha value is -6.52. The van der Waals surface area contributed by atoms with Crippen LogP contribution in [-0.2, 0) is 5.41 Å². The van der Waals surface area contributed by atoms with Gasteiger partial charge < -0.3 is 8.83 Å². The van der Waals surface area contributed by atoms with Crippen molar-refractivity contribution >= 4 is 22.2 Å². The Kier molecular flexibility index (Phi) is 6.49. The molecule has 0 aliphatic heterocycles. The Morgan fingerprint density at radius 2 is 0.824 bits per heavy atom. The Morgan fingerprint density at radius 3 is 1.41 bits per heavy atom. The highest BCUT2D eigenvalue weighted by atomic mass is 16.4. The lowest BCUT2D eigenvalue weighted by atomic mass is 9.81. The van der Waals surface area contributed by atoms with Crippen LogP contribution in [0, 0.1) is 0 Å². The molecule has 0 spiro atoms. The van der Waals surface area contributed by atoms with Gasteiger partial charge in [-0.25, -0.2) is 9.97 Å². The zero-order valence-electron chi connectivity index (χ0n) is 28.2. The first-order chi connectivity index (χ1) is 25.0. The molecule has 242 valence electrons. The third-order valence-electron chi connectivity index (χ3n) is 10.3. The molecular formula is C47H32N2O2. The average molecular weight is 657 g/mol. The maximum absolute atomic E-state index is 6.24. The van der Waals surface area contributed by atoms with Crippen LogP contribution in [0.3, 0.4) is 0 Å². The highest BCUT2D eigenvalue weighted by Crippen LogP contribution is 2.49. The fourth-order valence-corrected chi connectivity index (χ4v) is 7.67. The highest BCUT2D eigenvalue weighted by Gasteiger charge is 2.35. The van der Waals surface area contributed by atoms with E-state index in [1.807, 2.05) is 54.6 Å². The molecule has 1 aliphatic carbocycles. The van der Waals surface area contributed by atoms with Gasteiger partial charge in [-0.2, -0.15) is 0 Å². The molecule has 2 aromatic heterocycles. The van der Waals surface area contributed by atoms with Gasteiger partial charge in [-0.15, -0.1) is 0 Å². The van der Waals surface area contributed by atoms with E-state index in [0.29, 0.717) is 11.8 Å². The van der Waals surface area contributed by atoms with E-state index in [4.69, 9.17) is 18.8 Å². The minimum absolute atomic E-state index is 0.0446. The molecule has 4 heteroatoms. The Morgan fingerprint density at radius 1 is 0.373 bits per heavy atom. The van der Waals surface area contributed by atoms with E-state index in [-0.39, 0.29) is 5.41 Å². The van der Waals surface area contributed by atoms with E-state index < -0.39 is 0 Å². The number of hydrogen-bond donors (Lipinski definition) is 0. The van der Waals surface area contributed by atoms with Crippen LogP contribution in [0.4, 0.5) is 0 Å². The SMILES string of the molecule is CC1(C)c2ccccc2-c2ccc(-c3cccc(-c4cccc(-c5cc(-c6nc7ccccc7o6)cc(-c6nc7ccccc7o6)c5)c4)c3)cc21. The number of fused-ring (bicyclic) bond motifs is 5. The lowest BCUT2D eigenvalue weighted by Crippen LogP contribution is -2.14. The summed E-state index contributed by atoms with van der Waals surface area (Å²) in [6.07, 6.45) is 0. The van der Waals surface area contributed by atoms with E-state index in [1.165, 1.54) is 33.4 Å². The molecule has 0 atom stereocenters. The number of nitrogens with zero attached hydrogens (tertiary/aromatic N) is 2. The summed E-state index contributed by atoms with van der Waals surface area (Å²) in [6, 6.07) is 55.3. The fraction of sp³-hybridized carbons (Fsp3) is 0.0638. The molecule has 0 N–H and O–H groups in total. The topological polar surface area (TPSA) is 52.1 Å². The normalized spacial score (nSPS) is 13.1. The van der Waals surface area contributed by atoms with E-state index in [9.17, 15) is 0 Å². The monoisotopic (exact) mass is 656 g/mol. The molecule has 2 heterocycles. The molecule has 0 saturated carbocycles. The molecule has 9 aromatic rings. The second kappa shape index (κ2) is 11.3. The number of oxazole rings is 2. The number of para-hydroxylation sites is 4. The van der Waals surface area contributed by atoms with Crippen LogP contribution in [0.2, 0.25) is 0 Å². The third-order valence-corrected chi connectivity index (χ3v) is 10.3. The molecule has 0 bridgehead atoms. The summed E-state index contributed by atoms with van der Waals surface area (Å²) in [5.41, 5.74) is 17.1. The summed E-state index contributed by atoms with van der Waals surface area (Å²) >= 11 is 0. The standard InChI is InChI=1S/C47H32N2O2/c1-47(2)39-16-4-3-15-37(39)38-22-21-33(28-40(38)47)31-13-9-11-29(23-31)30-12-10-14-32(24-30)34-25-35(45-48-41-17-5-7-19-43(41)50-45)27-36(26-34)46-49-42-18-6-8-20-44(42)51-46/h3-28H,1-2H3. The van der Waals surface area contributed by atoms with Crippen molar-refractivity contribution in [3.63, 3.8) is 0 Å². The van der Waals surface area contributed by atoms with Crippen LogP contribution >= 0.6 is 0 Å². The van der Waals surface area contributed by atoms with Crippen molar-refractivity contribution in [3.8, 4) is 67.4 Å². The largest absolute Gasteiger partial charge is 0.436 e. The quantitative estimate of drug-likeness (QED) is 0.185. The van der Waals surface area contributed by atoms with Gasteiger partial charge in [0, 0.05) is 16.5 Å². The molecule has 51 heavy (non-hydrogen) atoms. The van der Waals surface area contributed by atoms with Gasteiger partial charge in [0.2, 0.25) is 11.8 Å². The van der Waals surface area contributed by atoms with E-state index >= 15 is 0 Å². The molecule has 4 nitrogen and oxygen atoms in total. The molecule has 1 aliphatic rings. The molecule has 0 saturated heterocycles. The first-order valence-corrected chi connectivity index (χ1v) is 17.3. The molecule has 0 unspecified atom stereocenters. The fourth-order valence-electron chi connectivity index (χ4n) is 7.67. The lowest BCUT2D eigenvalue weighted by molar-refractivity contribution is 0.617. The van der Waals surface area contributed by atoms with Crippen molar-refractivity contribution < 1.29 is 8.83 Å². The number of rotatable bonds is 5. The first kappa shape index (κ1) is 29.4. The van der Waals surface area contributed by atoms with E-state index in [1.54, 1.807) is 0 Å². The van der Waals surface area contributed by atoms with Crippen LogP contribution in [0.5, 0.6) is 0 Å². The second-order valence-electron chi connectivity index (χ2n) is 13.9. The van der Waals surface area contributed by atoms with Crippen molar-refractivity contribution in [1.29, 1.82) is 0 Å². The van der Waals surface area contributed by atoms with Crippen molar-refractivity contribution in [2.24, 2.45) is 0 Å². The predicted octanol–water partition coefficient (Wildman–Crippen LogP) is 12.6. The summed E-state index contributed by atoms with van der Waals surface area (Å²) in [6.45, 7) is 4.66. The average Bonchev–Trinajstić information content (AvgIpc) is 3.88. The van der Waals surface area contributed by atoms with Crippen LogP contribution in [0.1, 0.15) is 25.0 Å². The summed E-state index contributed by atoms with van der Waals surface area (Å²) in [7, 11) is 0. The van der Waals surface area contributed by atoms with Gasteiger partial charge in [0.1, 0.15) is 11.0 Å². The van der Waals surface area contributed by atoms with Gasteiger partial charge >= 0.3 is 0 Å². The molecule has 0 radical (unpaired) electrons. The smallest absolute Gasteiger partial charge is 0.227 e. The molecule has 10 rings (SSSR count). The van der Waals surface area contributed by atoms with Gasteiger partial charge in [-0.1, -0.05) is 111 Å². The van der Waals surface area contributed by atoms with E-state index in [0.717, 1.165) is 55.6 Å². The summed E-state index contributed by atoms with van der Waals surface area (Å²) in [5, 5.41) is 0. The maximum Gasteiger partial charge on any atom is 0.227 e. The van der Waals surface area contributed by atoms with Gasteiger partial charge in [-0.3, -0.25) is 0 Å². The van der Waals surface area contributed by atoms with Gasteiger partial charge in [0.15, 0.2) is 11.2 Å². The van der Waals surface area contributed by atoms with Crippen LogP contribution in [-0.4, -0.2) is 9.97 Å². The Labute approximate surface area is 295 Å². The number of hydrogen-bond acceptors (Lipinski definition) is 4. The minimum Gasteiger partial charge on any atom is -0.436 e. The van der Waals surface area contributed by atoms with Crippen LogP contribution in [0.25, 0.3) is 89.6 Å². The summed E-state index contributed by atoms with van der Waals surface area (Å²) in [5.74, 6) is 1.11. The Bertz CT molecular complexity index is 2640. The zero-order valence-corrected chi connectivity index (χ0v) is 28.2. The van der Waals surface area contributed by atoms with Crippen LogP contribution < -0.4 is 0 Å². The molecule has 0 amide bonds. The summed E-state index contributed by atoms with van der Waals surface area (Å²) in [4.78, 5) is 9.65. The van der Waals surface area contributed by atoms with Crippen LogP contribution in [0.15, 0.2) is 167 Å². The predicted molar refractivity (Wildman–Crippen MR) is 206 cm³/mol. The Balaban J connectivity index is 1.05. The lowest BCUT2D eigenvalue weighted by Gasteiger charge is -2.22. The molecular weight excluding hydrogens is 625 g/mol. The minimum atomic E-state index is -0.0446. The van der Waals surface area contributed by atoms with Gasteiger partial charge in [-0.05, 0) is 116 Å². The maximum atomic E-state index is 6.24. The van der Waals surface area contributed by atoms with Gasteiger partial charge in [0.25, 0.3) is 0 Å². The van der Waals surface area contributed by atoms with Crippen molar-refractivity contribution in [2.75, 3.05) is 0 Å². The van der Waals surface area contributed by atoms with Gasteiger partial charge in [0.05, 0.1) is 0 Å². The number of aromatic nitrogens is 2. The van der Waals surface area contributed by atoms with Crippen molar-refractivity contribution in [3.05, 3.63) is 169 Å². The van der Waals surface area contributed by atoms with E-state index in [2.05, 4.69) is 117 Å². The summed E-state index contributed by atoms with van der Waals surface area (Å²) < 4.78 is 12.5. The first-order valence-electron chi connectivity index (χ1n) is 17.3.